The number of anilines is 2. The van der Waals surface area contributed by atoms with Crippen LogP contribution in [-0.4, -0.2) is 50.4 Å². The second-order valence-electron chi connectivity index (χ2n) is 6.33. The monoisotopic (exact) mass is 316 g/mol. The van der Waals surface area contributed by atoms with Gasteiger partial charge in [-0.05, 0) is 6.42 Å². The maximum absolute atomic E-state index is 4.50. The van der Waals surface area contributed by atoms with Crippen LogP contribution in [0.1, 0.15) is 43.7 Å². The Balaban J connectivity index is 1.67. The smallest absolute Gasteiger partial charge is 0.229 e. The van der Waals surface area contributed by atoms with E-state index in [0.29, 0.717) is 11.9 Å². The molecule has 0 saturated carbocycles. The predicted molar refractivity (Wildman–Crippen MR) is 88.8 cm³/mol. The zero-order chi connectivity index (χ0) is 16.4. The third-order valence-corrected chi connectivity index (χ3v) is 3.88. The van der Waals surface area contributed by atoms with Gasteiger partial charge in [0.2, 0.25) is 11.9 Å². The van der Waals surface area contributed by atoms with Crippen molar-refractivity contribution >= 4 is 11.9 Å². The molecule has 0 spiro atoms. The molecule has 8 nitrogen and oxygen atoms in total. The van der Waals surface area contributed by atoms with Gasteiger partial charge in [-0.25, -0.2) is 0 Å². The largest absolute Gasteiger partial charge is 0.354 e. The highest BCUT2D eigenvalue weighted by atomic mass is 15.3. The fourth-order valence-electron chi connectivity index (χ4n) is 2.60. The average molecular weight is 316 g/mol. The Bertz CT molecular complexity index is 650. The third kappa shape index (κ3) is 3.40. The molecule has 0 bridgehead atoms. The summed E-state index contributed by atoms with van der Waals surface area (Å²) in [5, 5.41) is 11.8. The molecule has 1 N–H and O–H groups in total. The molecule has 0 aromatic carbocycles. The number of hydrogen-bond acceptors (Lipinski definition) is 7. The van der Waals surface area contributed by atoms with Crippen LogP contribution < -0.4 is 10.2 Å². The van der Waals surface area contributed by atoms with E-state index in [1.807, 2.05) is 19.0 Å². The third-order valence-electron chi connectivity index (χ3n) is 3.88. The molecule has 8 heteroatoms. The summed E-state index contributed by atoms with van der Waals surface area (Å²) in [6.45, 7) is 5.92. The topological polar surface area (TPSA) is 84.7 Å². The first kappa shape index (κ1) is 15.6. The Morgan fingerprint density at radius 1 is 1.17 bits per heavy atom. The molecule has 0 atom stereocenters. The summed E-state index contributed by atoms with van der Waals surface area (Å²) in [4.78, 5) is 15.3. The van der Waals surface area contributed by atoms with Crippen LogP contribution >= 0.6 is 0 Å². The Labute approximate surface area is 136 Å². The van der Waals surface area contributed by atoms with E-state index in [1.165, 1.54) is 6.42 Å². The SMILES string of the molecule is CC(C)c1nc(NCCc2nnc3n2CCC3)nc(N(C)C)n1. The van der Waals surface area contributed by atoms with Gasteiger partial charge in [-0.15, -0.1) is 10.2 Å². The highest BCUT2D eigenvalue weighted by Gasteiger charge is 2.17. The minimum atomic E-state index is 0.261. The molecular formula is C15H24N8. The van der Waals surface area contributed by atoms with Crippen LogP contribution in [0, 0.1) is 0 Å². The van der Waals surface area contributed by atoms with E-state index in [-0.39, 0.29) is 5.92 Å². The molecule has 1 aliphatic heterocycles. The molecule has 3 rings (SSSR count). The Kier molecular flexibility index (Phi) is 4.40. The van der Waals surface area contributed by atoms with Crippen molar-refractivity contribution in [3.05, 3.63) is 17.5 Å². The van der Waals surface area contributed by atoms with E-state index in [0.717, 1.165) is 43.4 Å². The summed E-state index contributed by atoms with van der Waals surface area (Å²) in [6, 6.07) is 0. The zero-order valence-electron chi connectivity index (χ0n) is 14.2. The van der Waals surface area contributed by atoms with Crippen LogP contribution in [0.4, 0.5) is 11.9 Å². The quantitative estimate of drug-likeness (QED) is 0.858. The van der Waals surface area contributed by atoms with Crippen LogP contribution in [0.3, 0.4) is 0 Å². The Hall–Kier alpha value is -2.25. The van der Waals surface area contributed by atoms with Crippen molar-refractivity contribution in [2.24, 2.45) is 0 Å². The van der Waals surface area contributed by atoms with Crippen molar-refractivity contribution in [1.29, 1.82) is 0 Å². The van der Waals surface area contributed by atoms with E-state index >= 15 is 0 Å². The highest BCUT2D eigenvalue weighted by molar-refractivity contribution is 5.36. The van der Waals surface area contributed by atoms with E-state index in [1.54, 1.807) is 0 Å². The fraction of sp³-hybridized carbons (Fsp3) is 0.667. The molecule has 124 valence electrons. The highest BCUT2D eigenvalue weighted by Crippen LogP contribution is 2.16. The van der Waals surface area contributed by atoms with E-state index in [4.69, 9.17) is 0 Å². The second kappa shape index (κ2) is 6.47. The maximum atomic E-state index is 4.50. The van der Waals surface area contributed by atoms with Crippen molar-refractivity contribution in [2.75, 3.05) is 30.9 Å². The summed E-state index contributed by atoms with van der Waals surface area (Å²) in [6.07, 6.45) is 3.02. The van der Waals surface area contributed by atoms with Crippen molar-refractivity contribution in [3.63, 3.8) is 0 Å². The molecule has 2 aromatic heterocycles. The van der Waals surface area contributed by atoms with Gasteiger partial charge in [0.1, 0.15) is 17.5 Å². The van der Waals surface area contributed by atoms with Gasteiger partial charge in [0.25, 0.3) is 0 Å². The summed E-state index contributed by atoms with van der Waals surface area (Å²) in [5.41, 5.74) is 0. The molecule has 0 radical (unpaired) electrons. The van der Waals surface area contributed by atoms with Crippen LogP contribution in [0.15, 0.2) is 0 Å². The Morgan fingerprint density at radius 2 is 2.00 bits per heavy atom. The summed E-state index contributed by atoms with van der Waals surface area (Å²) < 4.78 is 2.22. The summed E-state index contributed by atoms with van der Waals surface area (Å²) in [5.74, 6) is 4.50. The normalized spacial score (nSPS) is 13.4. The first-order valence-electron chi connectivity index (χ1n) is 8.12. The van der Waals surface area contributed by atoms with E-state index in [9.17, 15) is 0 Å². The lowest BCUT2D eigenvalue weighted by molar-refractivity contribution is 0.685. The average Bonchev–Trinajstić information content (AvgIpc) is 3.11. The number of aryl methyl sites for hydroxylation is 1. The molecule has 0 amide bonds. The van der Waals surface area contributed by atoms with Crippen LogP contribution in [-0.2, 0) is 19.4 Å². The van der Waals surface area contributed by atoms with Crippen molar-refractivity contribution in [3.8, 4) is 0 Å². The van der Waals surface area contributed by atoms with Gasteiger partial charge in [-0.3, -0.25) is 0 Å². The number of hydrogen-bond donors (Lipinski definition) is 1. The Morgan fingerprint density at radius 3 is 2.74 bits per heavy atom. The van der Waals surface area contributed by atoms with Gasteiger partial charge in [0.15, 0.2) is 0 Å². The van der Waals surface area contributed by atoms with Crippen molar-refractivity contribution < 1.29 is 0 Å². The number of fused-ring (bicyclic) bond motifs is 1. The lowest BCUT2D eigenvalue weighted by atomic mass is 10.2. The molecule has 2 aromatic rings. The number of nitrogens with zero attached hydrogens (tertiary/aromatic N) is 7. The van der Waals surface area contributed by atoms with Gasteiger partial charge >= 0.3 is 0 Å². The minimum Gasteiger partial charge on any atom is -0.354 e. The van der Waals surface area contributed by atoms with Gasteiger partial charge in [-0.2, -0.15) is 15.0 Å². The van der Waals surface area contributed by atoms with Gasteiger partial charge in [-0.1, -0.05) is 13.8 Å². The molecule has 0 aliphatic carbocycles. The maximum Gasteiger partial charge on any atom is 0.229 e. The predicted octanol–water partition coefficient (Wildman–Crippen LogP) is 1.25. The zero-order valence-corrected chi connectivity index (χ0v) is 14.2. The minimum absolute atomic E-state index is 0.261. The lowest BCUT2D eigenvalue weighted by Crippen LogP contribution is -2.18. The fourth-order valence-corrected chi connectivity index (χ4v) is 2.60. The summed E-state index contributed by atoms with van der Waals surface area (Å²) in [7, 11) is 3.87. The molecule has 1 aliphatic rings. The molecular weight excluding hydrogens is 292 g/mol. The molecule has 0 unspecified atom stereocenters. The van der Waals surface area contributed by atoms with Crippen LogP contribution in [0.2, 0.25) is 0 Å². The van der Waals surface area contributed by atoms with Crippen LogP contribution in [0.5, 0.6) is 0 Å². The molecule has 3 heterocycles. The number of aromatic nitrogens is 6. The van der Waals surface area contributed by atoms with Gasteiger partial charge in [0.05, 0.1) is 0 Å². The van der Waals surface area contributed by atoms with E-state index < -0.39 is 0 Å². The summed E-state index contributed by atoms with van der Waals surface area (Å²) >= 11 is 0. The second-order valence-corrected chi connectivity index (χ2v) is 6.33. The van der Waals surface area contributed by atoms with E-state index in [2.05, 4.69) is 48.9 Å². The first-order chi connectivity index (χ1) is 11.0. The van der Waals surface area contributed by atoms with Gasteiger partial charge < -0.3 is 14.8 Å². The number of rotatable bonds is 6. The first-order valence-corrected chi connectivity index (χ1v) is 8.12. The van der Waals surface area contributed by atoms with Crippen LogP contribution in [0.25, 0.3) is 0 Å². The standard InChI is InChI=1S/C15H24N8/c1-10(2)13-17-14(19-15(18-13)22(3)4)16-8-7-12-21-20-11-6-5-9-23(11)12/h10H,5-9H2,1-4H3,(H,16,17,18,19). The van der Waals surface area contributed by atoms with Crippen molar-refractivity contribution in [2.45, 2.75) is 45.6 Å². The molecule has 0 saturated heterocycles. The van der Waals surface area contributed by atoms with Gasteiger partial charge in [0, 0.05) is 45.9 Å². The lowest BCUT2D eigenvalue weighted by Gasteiger charge is -2.14. The molecule has 0 fully saturated rings. The number of nitrogens with one attached hydrogen (secondary N) is 1. The molecule has 23 heavy (non-hydrogen) atoms. The van der Waals surface area contributed by atoms with Crippen molar-refractivity contribution in [1.82, 2.24) is 29.7 Å².